The van der Waals surface area contributed by atoms with E-state index in [1.807, 2.05) is 36.4 Å². The van der Waals surface area contributed by atoms with Gasteiger partial charge in [0.15, 0.2) is 11.3 Å². The van der Waals surface area contributed by atoms with E-state index in [2.05, 4.69) is 17.2 Å². The smallest absolute Gasteiger partial charge is 0.276 e. The molecule has 0 saturated carbocycles. The first-order chi connectivity index (χ1) is 12.8. The van der Waals surface area contributed by atoms with Gasteiger partial charge in [-0.3, -0.25) is 20.1 Å². The summed E-state index contributed by atoms with van der Waals surface area (Å²) in [6.07, 6.45) is 5.27. The Kier molecular flexibility index (Phi) is 4.71. The van der Waals surface area contributed by atoms with Crippen molar-refractivity contribution in [2.75, 3.05) is 5.75 Å². The average molecular weight is 365 g/mol. The molecule has 0 fully saturated rings. The summed E-state index contributed by atoms with van der Waals surface area (Å²) in [7, 11) is 0. The lowest BCUT2D eigenvalue weighted by molar-refractivity contribution is -0.116. The topological polar surface area (TPSA) is 70.0 Å². The highest BCUT2D eigenvalue weighted by molar-refractivity contribution is 8.13. The molecule has 0 bridgehead atoms. The molecule has 4 rings (SSSR count). The van der Waals surface area contributed by atoms with Crippen molar-refractivity contribution in [1.29, 1.82) is 0 Å². The van der Waals surface area contributed by atoms with Crippen LogP contribution in [0.1, 0.15) is 31.5 Å². The molecule has 3 heterocycles. The van der Waals surface area contributed by atoms with Gasteiger partial charge in [-0.05, 0) is 24.6 Å². The molecule has 0 radical (unpaired) electrons. The number of carbonyl (C=O) groups excluding carboxylic acids is 1. The fourth-order valence-corrected chi connectivity index (χ4v) is 3.90. The average Bonchev–Trinajstić information content (AvgIpc) is 2.68. The summed E-state index contributed by atoms with van der Waals surface area (Å²) in [4.78, 5) is 21.8. The maximum absolute atomic E-state index is 12.9. The third-order valence-corrected chi connectivity index (χ3v) is 5.21. The third kappa shape index (κ3) is 3.10. The number of benzene rings is 1. The van der Waals surface area contributed by atoms with Gasteiger partial charge in [0.2, 0.25) is 0 Å². The number of para-hydroxylation sites is 1. The number of fused-ring (bicyclic) bond motifs is 2. The summed E-state index contributed by atoms with van der Waals surface area (Å²) in [5, 5.41) is 11.6. The molecule has 7 heteroatoms. The monoisotopic (exact) mass is 365 g/mol. The highest BCUT2D eigenvalue weighted by Crippen LogP contribution is 2.30. The molecule has 26 heavy (non-hydrogen) atoms. The second-order valence-corrected chi connectivity index (χ2v) is 7.14. The van der Waals surface area contributed by atoms with E-state index < -0.39 is 0 Å². The second-order valence-electron chi connectivity index (χ2n) is 6.05. The number of unbranched alkanes of at least 4 members (excludes halogenated alkanes) is 1. The minimum Gasteiger partial charge on any atom is -0.298 e. The predicted molar refractivity (Wildman–Crippen MR) is 102 cm³/mol. The van der Waals surface area contributed by atoms with Gasteiger partial charge in [-0.2, -0.15) is 0 Å². The lowest BCUT2D eigenvalue weighted by Gasteiger charge is -2.34. The van der Waals surface area contributed by atoms with Gasteiger partial charge in [-0.25, -0.2) is 5.01 Å². The van der Waals surface area contributed by atoms with E-state index >= 15 is 0 Å². The van der Waals surface area contributed by atoms with Crippen LogP contribution in [0.25, 0.3) is 5.70 Å². The first-order valence-electron chi connectivity index (χ1n) is 8.67. The maximum Gasteiger partial charge on any atom is 0.276 e. The zero-order chi connectivity index (χ0) is 17.9. The van der Waals surface area contributed by atoms with Crippen LogP contribution >= 0.6 is 11.8 Å². The van der Waals surface area contributed by atoms with Crippen molar-refractivity contribution >= 4 is 28.5 Å². The molecule has 2 aromatic rings. The van der Waals surface area contributed by atoms with Crippen LogP contribution in [0, 0.1) is 0 Å². The summed E-state index contributed by atoms with van der Waals surface area (Å²) in [6.45, 7) is 2.15. The summed E-state index contributed by atoms with van der Waals surface area (Å²) in [6, 6.07) is 11.5. The molecule has 0 unspecified atom stereocenters. The molecular weight excluding hydrogens is 346 g/mol. The quantitative estimate of drug-likeness (QED) is 0.838. The lowest BCUT2D eigenvalue weighted by atomic mass is 10.1. The number of nitrogens with zero attached hydrogens (tertiary/aromatic N) is 4. The third-order valence-electron chi connectivity index (χ3n) is 4.26. The van der Waals surface area contributed by atoms with E-state index in [0.717, 1.165) is 34.7 Å². The van der Waals surface area contributed by atoms with Gasteiger partial charge in [0.05, 0.1) is 5.36 Å². The molecule has 2 aliphatic rings. The van der Waals surface area contributed by atoms with Crippen molar-refractivity contribution in [2.24, 2.45) is 10.1 Å². The molecule has 1 aromatic heterocycles. The fraction of sp³-hybridized carbons (Fsp3) is 0.263. The molecule has 1 amide bonds. The summed E-state index contributed by atoms with van der Waals surface area (Å²) < 4.78 is 0. The number of pyridine rings is 1. The van der Waals surface area contributed by atoms with E-state index in [4.69, 9.17) is 10.1 Å². The number of thioether (sulfide) groups is 1. The van der Waals surface area contributed by atoms with Crippen LogP contribution in [0.5, 0.6) is 0 Å². The minimum atomic E-state index is -0.379. The van der Waals surface area contributed by atoms with Gasteiger partial charge >= 0.3 is 0 Å². The SMILES string of the molecule is CCCCSC1=NN2C(=c3ccccc3=N[C@@H]2c2ccncc2)C(=O)N1. The predicted octanol–water partition coefficient (Wildman–Crippen LogP) is 1.76. The van der Waals surface area contributed by atoms with E-state index in [0.29, 0.717) is 10.9 Å². The molecule has 1 N–H and O–H groups in total. The standard InChI is InChI=1S/C19H19N5OS/c1-2-3-12-26-19-22-18(25)16-14-6-4-5-7-15(14)21-17(24(16)23-19)13-8-10-20-11-9-13/h4-11,17H,2-3,12H2,1H3,(H,22,23,25)/t17-/m0/s1. The number of amides is 1. The highest BCUT2D eigenvalue weighted by Gasteiger charge is 2.34. The number of carbonyl (C=O) groups is 1. The Morgan fingerprint density at radius 2 is 2.00 bits per heavy atom. The molecule has 132 valence electrons. The Bertz CT molecular complexity index is 973. The Morgan fingerprint density at radius 1 is 1.19 bits per heavy atom. The Balaban J connectivity index is 1.83. The van der Waals surface area contributed by atoms with Gasteiger partial charge in [0, 0.05) is 28.9 Å². The van der Waals surface area contributed by atoms with E-state index in [1.165, 1.54) is 0 Å². The van der Waals surface area contributed by atoms with Crippen LogP contribution in [0.4, 0.5) is 0 Å². The van der Waals surface area contributed by atoms with Crippen LogP contribution in [0.15, 0.2) is 58.9 Å². The van der Waals surface area contributed by atoms with Crippen molar-refractivity contribution in [2.45, 2.75) is 25.9 Å². The van der Waals surface area contributed by atoms with Gasteiger partial charge in [0.1, 0.15) is 5.70 Å². The molecule has 0 aliphatic carbocycles. The molecule has 0 spiro atoms. The van der Waals surface area contributed by atoms with Crippen molar-refractivity contribution in [3.05, 3.63) is 64.9 Å². The maximum atomic E-state index is 12.9. The van der Waals surface area contributed by atoms with Gasteiger partial charge < -0.3 is 0 Å². The molecular formula is C19H19N5OS. The van der Waals surface area contributed by atoms with Crippen LogP contribution in [0.2, 0.25) is 0 Å². The number of amidine groups is 1. The number of aromatic nitrogens is 1. The molecule has 2 aliphatic heterocycles. The van der Waals surface area contributed by atoms with E-state index in [-0.39, 0.29) is 12.1 Å². The Hall–Kier alpha value is -2.67. The highest BCUT2D eigenvalue weighted by atomic mass is 32.2. The largest absolute Gasteiger partial charge is 0.298 e. The summed E-state index contributed by atoms with van der Waals surface area (Å²) in [5.41, 5.74) is 1.49. The van der Waals surface area contributed by atoms with Crippen LogP contribution in [-0.4, -0.2) is 26.8 Å². The minimum absolute atomic E-state index is 0.139. The van der Waals surface area contributed by atoms with Crippen molar-refractivity contribution in [1.82, 2.24) is 15.3 Å². The zero-order valence-electron chi connectivity index (χ0n) is 14.4. The van der Waals surface area contributed by atoms with Crippen LogP contribution in [-0.2, 0) is 4.79 Å². The lowest BCUT2D eigenvalue weighted by Crippen LogP contribution is -2.50. The summed E-state index contributed by atoms with van der Waals surface area (Å²) >= 11 is 1.57. The number of hydrogen-bond donors (Lipinski definition) is 1. The number of hydrogen-bond acceptors (Lipinski definition) is 6. The Morgan fingerprint density at radius 3 is 2.81 bits per heavy atom. The van der Waals surface area contributed by atoms with Gasteiger partial charge in [0.25, 0.3) is 5.91 Å². The first-order valence-corrected chi connectivity index (χ1v) is 9.65. The van der Waals surface area contributed by atoms with Crippen molar-refractivity contribution in [3.63, 3.8) is 0 Å². The molecule has 1 atom stereocenters. The van der Waals surface area contributed by atoms with E-state index in [1.54, 1.807) is 29.2 Å². The van der Waals surface area contributed by atoms with Crippen LogP contribution < -0.4 is 15.9 Å². The molecule has 0 saturated heterocycles. The molecule has 6 nitrogen and oxygen atoms in total. The summed E-state index contributed by atoms with van der Waals surface area (Å²) in [5.74, 6) is 0.785. The number of rotatable bonds is 4. The van der Waals surface area contributed by atoms with Gasteiger partial charge in [-0.15, -0.1) is 5.10 Å². The number of nitrogens with one attached hydrogen (secondary N) is 1. The number of hydrazone groups is 1. The van der Waals surface area contributed by atoms with Crippen molar-refractivity contribution in [3.8, 4) is 0 Å². The normalized spacial score (nSPS) is 18.4. The second kappa shape index (κ2) is 7.29. The van der Waals surface area contributed by atoms with Crippen LogP contribution in [0.3, 0.4) is 0 Å². The van der Waals surface area contributed by atoms with Gasteiger partial charge in [-0.1, -0.05) is 43.3 Å². The van der Waals surface area contributed by atoms with E-state index in [9.17, 15) is 4.79 Å². The fourth-order valence-electron chi connectivity index (χ4n) is 2.96. The van der Waals surface area contributed by atoms with Crippen molar-refractivity contribution < 1.29 is 4.79 Å². The Labute approximate surface area is 155 Å². The zero-order valence-corrected chi connectivity index (χ0v) is 15.2. The first kappa shape index (κ1) is 16.8. The molecule has 1 aromatic carbocycles.